The molecular weight excluding hydrogens is 210 g/mol. The lowest BCUT2D eigenvalue weighted by atomic mass is 10.1. The molecule has 0 aromatic rings. The van der Waals surface area contributed by atoms with E-state index in [-0.39, 0.29) is 0 Å². The van der Waals surface area contributed by atoms with Crippen LogP contribution in [0.15, 0.2) is 0 Å². The molecule has 1 saturated heterocycles. The predicted molar refractivity (Wildman–Crippen MR) is 74.5 cm³/mol. The van der Waals surface area contributed by atoms with Gasteiger partial charge >= 0.3 is 0 Å². The van der Waals surface area contributed by atoms with Crippen molar-refractivity contribution in [3.8, 4) is 0 Å². The van der Waals surface area contributed by atoms with E-state index in [0.29, 0.717) is 6.10 Å². The van der Waals surface area contributed by atoms with Crippen molar-refractivity contribution in [2.24, 2.45) is 0 Å². The standard InChI is InChI=1S/C15H31NO/c1-2-3-4-5-6-7-12-16-13-8-10-15-11-9-14-17-15/h15-16H,2-14H2,1H3. The Balaban J connectivity index is 1.69. The largest absolute Gasteiger partial charge is 0.378 e. The van der Waals surface area contributed by atoms with Crippen LogP contribution < -0.4 is 5.32 Å². The summed E-state index contributed by atoms with van der Waals surface area (Å²) in [5, 5.41) is 3.54. The van der Waals surface area contributed by atoms with Crippen LogP contribution in [0.2, 0.25) is 0 Å². The smallest absolute Gasteiger partial charge is 0.0576 e. The normalized spacial score (nSPS) is 19.9. The summed E-state index contributed by atoms with van der Waals surface area (Å²) < 4.78 is 5.61. The van der Waals surface area contributed by atoms with Gasteiger partial charge in [-0.05, 0) is 45.2 Å². The first-order valence-electron chi connectivity index (χ1n) is 7.76. The van der Waals surface area contributed by atoms with Crippen molar-refractivity contribution >= 4 is 0 Å². The van der Waals surface area contributed by atoms with Crippen LogP contribution in [0.1, 0.15) is 71.1 Å². The second-order valence-corrected chi connectivity index (χ2v) is 5.30. The van der Waals surface area contributed by atoms with Gasteiger partial charge in [-0.1, -0.05) is 39.0 Å². The van der Waals surface area contributed by atoms with Gasteiger partial charge in [0, 0.05) is 6.61 Å². The third-order valence-electron chi connectivity index (χ3n) is 3.61. The molecule has 2 heteroatoms. The molecule has 1 aliphatic rings. The zero-order valence-electron chi connectivity index (χ0n) is 11.7. The molecular formula is C15H31NO. The highest BCUT2D eigenvalue weighted by Gasteiger charge is 2.13. The summed E-state index contributed by atoms with van der Waals surface area (Å²) >= 11 is 0. The third-order valence-corrected chi connectivity index (χ3v) is 3.61. The van der Waals surface area contributed by atoms with Gasteiger partial charge in [0.25, 0.3) is 0 Å². The Bertz CT molecular complexity index is 155. The molecule has 1 heterocycles. The van der Waals surface area contributed by atoms with Gasteiger partial charge in [-0.2, -0.15) is 0 Å². The van der Waals surface area contributed by atoms with Crippen LogP contribution in [0.4, 0.5) is 0 Å². The molecule has 2 nitrogen and oxygen atoms in total. The molecule has 0 radical (unpaired) electrons. The Morgan fingerprint density at radius 2 is 1.76 bits per heavy atom. The van der Waals surface area contributed by atoms with Gasteiger partial charge in [-0.3, -0.25) is 0 Å². The van der Waals surface area contributed by atoms with Crippen LogP contribution in [0.5, 0.6) is 0 Å². The Morgan fingerprint density at radius 3 is 2.53 bits per heavy atom. The van der Waals surface area contributed by atoms with Crippen LogP contribution >= 0.6 is 0 Å². The van der Waals surface area contributed by atoms with Crippen LogP contribution in [0.25, 0.3) is 0 Å². The molecule has 0 saturated carbocycles. The summed E-state index contributed by atoms with van der Waals surface area (Å²) in [6.45, 7) is 5.65. The van der Waals surface area contributed by atoms with Gasteiger partial charge in [0.15, 0.2) is 0 Å². The molecule has 1 N–H and O–H groups in total. The average Bonchev–Trinajstić information content (AvgIpc) is 2.85. The molecule has 102 valence electrons. The van der Waals surface area contributed by atoms with Gasteiger partial charge in [-0.25, -0.2) is 0 Å². The number of nitrogens with one attached hydrogen (secondary N) is 1. The van der Waals surface area contributed by atoms with E-state index in [1.165, 1.54) is 77.3 Å². The Morgan fingerprint density at radius 1 is 1.00 bits per heavy atom. The molecule has 0 aliphatic carbocycles. The summed E-state index contributed by atoms with van der Waals surface area (Å²) in [6.07, 6.45) is 14.0. The van der Waals surface area contributed by atoms with Crippen molar-refractivity contribution in [1.29, 1.82) is 0 Å². The Kier molecular flexibility index (Phi) is 9.72. The van der Waals surface area contributed by atoms with Crippen molar-refractivity contribution in [3.05, 3.63) is 0 Å². The number of rotatable bonds is 11. The second-order valence-electron chi connectivity index (χ2n) is 5.30. The summed E-state index contributed by atoms with van der Waals surface area (Å²) in [6, 6.07) is 0. The van der Waals surface area contributed by atoms with Crippen molar-refractivity contribution in [2.45, 2.75) is 77.2 Å². The molecule has 0 aromatic heterocycles. The van der Waals surface area contributed by atoms with Gasteiger partial charge in [0.2, 0.25) is 0 Å². The first-order valence-corrected chi connectivity index (χ1v) is 7.76. The molecule has 1 fully saturated rings. The lowest BCUT2D eigenvalue weighted by Gasteiger charge is -2.09. The number of ether oxygens (including phenoxy) is 1. The summed E-state index contributed by atoms with van der Waals surface area (Å²) in [4.78, 5) is 0. The number of hydrogen-bond donors (Lipinski definition) is 1. The van der Waals surface area contributed by atoms with Crippen molar-refractivity contribution in [1.82, 2.24) is 5.32 Å². The zero-order chi connectivity index (χ0) is 12.2. The van der Waals surface area contributed by atoms with Crippen molar-refractivity contribution < 1.29 is 4.74 Å². The van der Waals surface area contributed by atoms with Crippen molar-refractivity contribution in [2.75, 3.05) is 19.7 Å². The summed E-state index contributed by atoms with van der Waals surface area (Å²) in [5.74, 6) is 0. The lowest BCUT2D eigenvalue weighted by Crippen LogP contribution is -2.18. The number of hydrogen-bond acceptors (Lipinski definition) is 2. The molecule has 1 aliphatic heterocycles. The van der Waals surface area contributed by atoms with Crippen LogP contribution in [-0.4, -0.2) is 25.8 Å². The molecule has 0 amide bonds. The fourth-order valence-electron chi connectivity index (χ4n) is 2.48. The van der Waals surface area contributed by atoms with Gasteiger partial charge in [0.1, 0.15) is 0 Å². The minimum Gasteiger partial charge on any atom is -0.378 e. The fourth-order valence-corrected chi connectivity index (χ4v) is 2.48. The maximum Gasteiger partial charge on any atom is 0.0576 e. The number of unbranched alkanes of at least 4 members (excludes halogenated alkanes) is 5. The topological polar surface area (TPSA) is 21.3 Å². The van der Waals surface area contributed by atoms with E-state index < -0.39 is 0 Å². The summed E-state index contributed by atoms with van der Waals surface area (Å²) in [5.41, 5.74) is 0. The SMILES string of the molecule is CCCCCCCCNCCCC1CCCO1. The van der Waals surface area contributed by atoms with E-state index in [1.807, 2.05) is 0 Å². The highest BCUT2D eigenvalue weighted by Crippen LogP contribution is 2.16. The van der Waals surface area contributed by atoms with Gasteiger partial charge < -0.3 is 10.1 Å². The van der Waals surface area contributed by atoms with Gasteiger partial charge in [-0.15, -0.1) is 0 Å². The van der Waals surface area contributed by atoms with Gasteiger partial charge in [0.05, 0.1) is 6.10 Å². The first-order chi connectivity index (χ1) is 8.43. The third kappa shape index (κ3) is 8.62. The minimum atomic E-state index is 0.575. The molecule has 0 bridgehead atoms. The predicted octanol–water partition coefficient (Wildman–Crippen LogP) is 3.90. The zero-order valence-corrected chi connectivity index (χ0v) is 11.7. The molecule has 17 heavy (non-hydrogen) atoms. The second kappa shape index (κ2) is 11.0. The minimum absolute atomic E-state index is 0.575. The first kappa shape index (κ1) is 15.0. The maximum absolute atomic E-state index is 5.61. The fraction of sp³-hybridized carbons (Fsp3) is 1.00. The molecule has 0 spiro atoms. The van der Waals surface area contributed by atoms with E-state index >= 15 is 0 Å². The Hall–Kier alpha value is -0.0800. The van der Waals surface area contributed by atoms with Crippen LogP contribution in [-0.2, 0) is 4.74 Å². The molecule has 1 atom stereocenters. The van der Waals surface area contributed by atoms with E-state index in [2.05, 4.69) is 12.2 Å². The van der Waals surface area contributed by atoms with E-state index in [4.69, 9.17) is 4.74 Å². The highest BCUT2D eigenvalue weighted by atomic mass is 16.5. The van der Waals surface area contributed by atoms with Crippen LogP contribution in [0, 0.1) is 0 Å². The average molecular weight is 241 g/mol. The molecule has 1 rings (SSSR count). The molecule has 1 unspecified atom stereocenters. The monoisotopic (exact) mass is 241 g/mol. The molecule has 0 aromatic carbocycles. The van der Waals surface area contributed by atoms with E-state index in [0.717, 1.165) is 6.61 Å². The Labute approximate surface area is 108 Å². The maximum atomic E-state index is 5.61. The van der Waals surface area contributed by atoms with Crippen LogP contribution in [0.3, 0.4) is 0 Å². The summed E-state index contributed by atoms with van der Waals surface area (Å²) in [7, 11) is 0. The van der Waals surface area contributed by atoms with E-state index in [9.17, 15) is 0 Å². The lowest BCUT2D eigenvalue weighted by molar-refractivity contribution is 0.102. The highest BCUT2D eigenvalue weighted by molar-refractivity contribution is 4.65. The van der Waals surface area contributed by atoms with E-state index in [1.54, 1.807) is 0 Å². The van der Waals surface area contributed by atoms with Crippen molar-refractivity contribution in [3.63, 3.8) is 0 Å². The quantitative estimate of drug-likeness (QED) is 0.554.